The molecule has 1 saturated heterocycles. The fraction of sp³-hybridized carbons (Fsp3) is 0.527. The molecule has 560 valence electrons. The van der Waals surface area contributed by atoms with Crippen molar-refractivity contribution in [3.63, 3.8) is 0 Å². The van der Waals surface area contributed by atoms with Gasteiger partial charge in [-0.3, -0.25) is 71.3 Å². The summed E-state index contributed by atoms with van der Waals surface area (Å²) in [5, 5.41) is 8.18. The van der Waals surface area contributed by atoms with E-state index in [0.717, 1.165) is 71.1 Å². The fourth-order valence-electron chi connectivity index (χ4n) is 12.0. The molecule has 8 rings (SSSR count). The zero-order valence-corrected chi connectivity index (χ0v) is 60.9. The van der Waals surface area contributed by atoms with Crippen LogP contribution in [0.2, 0.25) is 0 Å². The van der Waals surface area contributed by atoms with E-state index in [-0.39, 0.29) is 56.7 Å². The number of benzene rings is 4. The molecule has 4 aromatic carbocycles. The number of imidazole rings is 1. The molecular weight excluding hydrogens is 1360 g/mol. The highest BCUT2D eigenvalue weighted by Crippen LogP contribution is 2.67. The lowest BCUT2D eigenvalue weighted by atomic mass is 9.98. The predicted octanol–water partition coefficient (Wildman–Crippen LogP) is 8.47. The highest BCUT2D eigenvalue weighted by molar-refractivity contribution is 7.54. The molecule has 26 nitrogen and oxygen atoms in total. The molecule has 1 aromatic heterocycles. The first kappa shape index (κ1) is 80.3. The number of anilines is 1. The normalized spacial score (nSPS) is 17.2. The van der Waals surface area contributed by atoms with Gasteiger partial charge in [0.05, 0.1) is 85.9 Å². The summed E-state index contributed by atoms with van der Waals surface area (Å²) in [6.45, 7) is 13.9. The molecule has 0 spiro atoms. The number of aromatic nitrogens is 2. The smallest absolute Gasteiger partial charge is 0.410 e. The molecule has 3 aliphatic rings. The second-order valence-corrected chi connectivity index (χ2v) is 29.9. The van der Waals surface area contributed by atoms with Crippen LogP contribution in [-0.2, 0) is 130 Å². The van der Waals surface area contributed by atoms with E-state index in [4.69, 9.17) is 47.9 Å². The van der Waals surface area contributed by atoms with E-state index >= 15 is 8.78 Å². The minimum Gasteiger partial charge on any atom is -0.438 e. The number of fused-ring (bicyclic) bond motifs is 1. The van der Waals surface area contributed by atoms with Crippen LogP contribution in [-0.4, -0.2) is 147 Å². The van der Waals surface area contributed by atoms with Gasteiger partial charge in [0, 0.05) is 51.2 Å². The van der Waals surface area contributed by atoms with Crippen molar-refractivity contribution in [1.29, 1.82) is 0 Å². The number of amides is 6. The summed E-state index contributed by atoms with van der Waals surface area (Å²) < 4.78 is 98.4. The third-order valence-corrected chi connectivity index (χ3v) is 19.7. The van der Waals surface area contributed by atoms with Gasteiger partial charge in [-0.2, -0.15) is 8.78 Å². The number of ether oxygens (including phenoxy) is 7. The highest BCUT2D eigenvalue weighted by Gasteiger charge is 2.56. The van der Waals surface area contributed by atoms with Gasteiger partial charge in [0.15, 0.2) is 0 Å². The predicted molar refractivity (Wildman–Crippen MR) is 376 cm³/mol. The summed E-state index contributed by atoms with van der Waals surface area (Å²) >= 11 is 0. The number of carbonyl (C=O) groups is 8. The molecule has 0 saturated carbocycles. The lowest BCUT2D eigenvalue weighted by Gasteiger charge is -2.31. The number of allylic oxidation sites excluding steroid dienone is 1. The first-order chi connectivity index (χ1) is 48.9. The van der Waals surface area contributed by atoms with Crippen molar-refractivity contribution in [1.82, 2.24) is 25.1 Å². The molecule has 29 heteroatoms. The van der Waals surface area contributed by atoms with Crippen molar-refractivity contribution in [3.05, 3.63) is 140 Å². The molecular formula is C74H96F2N7O19P. The molecule has 1 fully saturated rings. The summed E-state index contributed by atoms with van der Waals surface area (Å²) in [5.74, 6) is -4.75. The van der Waals surface area contributed by atoms with Crippen LogP contribution in [0, 0.1) is 10.8 Å². The molecule has 103 heavy (non-hydrogen) atoms. The summed E-state index contributed by atoms with van der Waals surface area (Å²) in [6.07, 6.45) is 4.95. The van der Waals surface area contributed by atoms with Crippen LogP contribution in [0.1, 0.15) is 145 Å². The third-order valence-electron chi connectivity index (χ3n) is 17.9. The Hall–Kier alpha value is -8.34. The molecule has 0 bridgehead atoms. The standard InChI is InChI=1S/C74H96F2N7O19P/c1-47(52-22-25-55(26-23-52)74(75,76)103(93,101-45-99-69(90)72(3,4)5)102-46-100-70(91)73(6,7)8)41-64(86)78-57-27-24-53-15-10-16-54-43-61(83(65(53)54)68(57)89)67(88)79-56(28-31-62(77)84)48(2)98-44-51-19-17-49(18-20-51)13-11-33-94-35-37-96-39-40-97-38-36-95-34-12-14-50-21-29-58-60(42-50)81(9)71(92)82(58)59-30-32-63(85)80-66(59)87/h10,15-23,25-26,29,41-42,48,56-57,59,61H,11-14,24,27-28,30-40,43-46H2,1-9H3,(H2,77,84)(H,78,86)(H,79,88)(H,80,85,87)/b47-41+/t48-,56+,57+,59?,61+/m1/s1. The van der Waals surface area contributed by atoms with Crippen molar-refractivity contribution in [2.45, 2.75) is 169 Å². The molecule has 6 amide bonds. The van der Waals surface area contributed by atoms with Crippen molar-refractivity contribution in [2.75, 3.05) is 71.3 Å². The average Bonchev–Trinajstić information content (AvgIpc) is 1.71. The molecule has 0 radical (unpaired) electrons. The molecule has 3 aliphatic heterocycles. The van der Waals surface area contributed by atoms with Gasteiger partial charge in [0.1, 0.15) is 18.1 Å². The average molecular weight is 1460 g/mol. The number of piperidine rings is 1. The summed E-state index contributed by atoms with van der Waals surface area (Å²) in [4.78, 5) is 119. The van der Waals surface area contributed by atoms with E-state index in [1.165, 1.54) is 73.8 Å². The number of primary amides is 1. The lowest BCUT2D eigenvalue weighted by Crippen LogP contribution is -2.56. The second-order valence-electron chi connectivity index (χ2n) is 27.9. The van der Waals surface area contributed by atoms with Gasteiger partial charge in [-0.05, 0) is 158 Å². The maximum absolute atomic E-state index is 16.3. The summed E-state index contributed by atoms with van der Waals surface area (Å²) in [6, 6.07) is 20.1. The van der Waals surface area contributed by atoms with Crippen LogP contribution in [0.15, 0.2) is 95.8 Å². The number of nitrogens with one attached hydrogen (secondary N) is 3. The Bertz CT molecular complexity index is 3940. The SMILES string of the molecule is C/C(=C\C(=O)N[C@H]1CCc2cccc3c2N(C1=O)[C@H](C(=O)N[C@@H](CCC(N)=O)[C@@H](C)OCc1ccc(CCCOCCOCCOCCOCCCc2ccc4c(c2)n(C)c(=O)n4C2CCC(=O)NC2=O)cc1)C3)c1ccc(C(F)(F)P(=O)(OCOC(=O)C(C)(C)C)OCOC(=O)C(C)(C)C)cc1. The number of nitrogens with two attached hydrogens (primary N) is 1. The number of para-hydroxylation sites is 1. The Balaban J connectivity index is 0.739. The quantitative estimate of drug-likeness (QED) is 0.00718. The lowest BCUT2D eigenvalue weighted by molar-refractivity contribution is -0.163. The topological polar surface area (TPSA) is 329 Å². The third kappa shape index (κ3) is 21.6. The van der Waals surface area contributed by atoms with Crippen molar-refractivity contribution >= 4 is 77.3 Å². The highest BCUT2D eigenvalue weighted by atomic mass is 31.2. The Morgan fingerprint density at radius 2 is 1.28 bits per heavy atom. The number of rotatable bonds is 38. The van der Waals surface area contributed by atoms with Gasteiger partial charge in [-0.15, -0.1) is 0 Å². The van der Waals surface area contributed by atoms with Gasteiger partial charge in [0.25, 0.3) is 0 Å². The van der Waals surface area contributed by atoms with E-state index in [1.54, 1.807) is 20.9 Å². The van der Waals surface area contributed by atoms with Crippen LogP contribution in [0.3, 0.4) is 0 Å². The number of halogens is 2. The van der Waals surface area contributed by atoms with Gasteiger partial charge >= 0.3 is 30.9 Å². The van der Waals surface area contributed by atoms with Crippen LogP contribution in [0.25, 0.3) is 16.6 Å². The molecule has 1 unspecified atom stereocenters. The number of imide groups is 1. The molecule has 5 atom stereocenters. The minimum absolute atomic E-state index is 0.0549. The molecule has 5 N–H and O–H groups in total. The van der Waals surface area contributed by atoms with Gasteiger partial charge < -0.3 is 49.5 Å². The van der Waals surface area contributed by atoms with Crippen LogP contribution >= 0.6 is 7.60 Å². The Kier molecular flexibility index (Phi) is 28.4. The minimum atomic E-state index is -5.61. The number of hydrogen-bond donors (Lipinski definition) is 4. The van der Waals surface area contributed by atoms with Gasteiger partial charge in [-0.1, -0.05) is 72.8 Å². The van der Waals surface area contributed by atoms with Crippen LogP contribution in [0.4, 0.5) is 14.5 Å². The summed E-state index contributed by atoms with van der Waals surface area (Å²) in [7, 11) is -3.93. The number of hydrogen-bond acceptors (Lipinski definition) is 19. The number of carbonyl (C=O) groups excluding carboxylic acids is 8. The molecule has 0 aliphatic carbocycles. The van der Waals surface area contributed by atoms with Crippen molar-refractivity contribution < 1.29 is 93.9 Å². The fourth-order valence-corrected chi connectivity index (χ4v) is 13.2. The zero-order valence-electron chi connectivity index (χ0n) is 60.0. The van der Waals surface area contributed by atoms with Crippen molar-refractivity contribution in [2.24, 2.45) is 23.6 Å². The second kappa shape index (κ2) is 36.4. The number of alkyl halides is 2. The Morgan fingerprint density at radius 3 is 1.86 bits per heavy atom. The van der Waals surface area contributed by atoms with Crippen LogP contribution < -0.4 is 32.3 Å². The zero-order chi connectivity index (χ0) is 74.8. The van der Waals surface area contributed by atoms with Gasteiger partial charge in [-0.25, -0.2) is 4.79 Å². The van der Waals surface area contributed by atoms with Gasteiger partial charge in [0.2, 0.25) is 49.0 Å². The monoisotopic (exact) mass is 1460 g/mol. The maximum Gasteiger partial charge on any atom is 0.410 e. The van der Waals surface area contributed by atoms with E-state index in [0.29, 0.717) is 81.6 Å². The maximum atomic E-state index is 16.3. The number of nitrogens with zero attached hydrogens (tertiary/aromatic N) is 3. The molecule has 5 aromatic rings. The van der Waals surface area contributed by atoms with E-state index < -0.39 is 115 Å². The Labute approximate surface area is 597 Å². The van der Waals surface area contributed by atoms with Crippen molar-refractivity contribution in [3.8, 4) is 0 Å². The largest absolute Gasteiger partial charge is 0.438 e. The summed E-state index contributed by atoms with van der Waals surface area (Å²) in [5.41, 5.74) is 5.11. The van der Waals surface area contributed by atoms with E-state index in [1.807, 2.05) is 60.7 Å². The van der Waals surface area contributed by atoms with E-state index in [2.05, 4.69) is 16.0 Å². The van der Waals surface area contributed by atoms with Crippen LogP contribution in [0.5, 0.6) is 0 Å². The Morgan fingerprint density at radius 1 is 0.718 bits per heavy atom. The molecule has 4 heterocycles. The first-order valence-electron chi connectivity index (χ1n) is 34.6. The van der Waals surface area contributed by atoms with E-state index in [9.17, 15) is 47.7 Å². The number of aryl methyl sites for hydroxylation is 4. The number of esters is 2. The first-order valence-corrected chi connectivity index (χ1v) is 36.2.